The zero-order valence-corrected chi connectivity index (χ0v) is 12.7. The average Bonchev–Trinajstić information content (AvgIpc) is 2.93. The van der Waals surface area contributed by atoms with Gasteiger partial charge in [0.15, 0.2) is 5.58 Å². The van der Waals surface area contributed by atoms with Crippen molar-refractivity contribution in [2.24, 2.45) is 0 Å². The summed E-state index contributed by atoms with van der Waals surface area (Å²) in [6, 6.07) is 17.0. The molecule has 0 atom stereocenters. The Balaban J connectivity index is 2.01. The van der Waals surface area contributed by atoms with Crippen LogP contribution in [-0.4, -0.2) is 4.98 Å². The predicted molar refractivity (Wildman–Crippen MR) is 91.0 cm³/mol. The summed E-state index contributed by atoms with van der Waals surface area (Å²) in [5, 5.41) is 2.26. The number of para-hydroxylation sites is 1. The molecule has 0 fully saturated rings. The van der Waals surface area contributed by atoms with Crippen molar-refractivity contribution in [2.75, 3.05) is 0 Å². The van der Waals surface area contributed by atoms with Gasteiger partial charge in [0.25, 0.3) is 0 Å². The van der Waals surface area contributed by atoms with Gasteiger partial charge in [0, 0.05) is 22.5 Å². The zero-order valence-electron chi connectivity index (χ0n) is 12.7. The summed E-state index contributed by atoms with van der Waals surface area (Å²) in [4.78, 5) is 4.15. The van der Waals surface area contributed by atoms with Crippen LogP contribution in [0.4, 0.5) is 0 Å². The minimum absolute atomic E-state index is 0.513. The standard InChI is InChI=1S/C20H17NO/c1-13(2)14-5-3-6-15(11-14)16-7-4-8-18-17-9-10-21-12-19(17)22-20(16)18/h3-13H,1-2H3. The van der Waals surface area contributed by atoms with E-state index in [1.807, 2.05) is 12.3 Å². The number of benzene rings is 2. The molecule has 0 amide bonds. The lowest BCUT2D eigenvalue weighted by atomic mass is 9.96. The lowest BCUT2D eigenvalue weighted by Gasteiger charge is -2.08. The first-order valence-corrected chi connectivity index (χ1v) is 7.59. The second-order valence-corrected chi connectivity index (χ2v) is 5.94. The Kier molecular flexibility index (Phi) is 2.97. The fourth-order valence-electron chi connectivity index (χ4n) is 2.95. The molecule has 0 N–H and O–H groups in total. The van der Waals surface area contributed by atoms with Crippen molar-refractivity contribution in [3.05, 3.63) is 66.5 Å². The summed E-state index contributed by atoms with van der Waals surface area (Å²) in [5.74, 6) is 0.513. The van der Waals surface area contributed by atoms with Crippen LogP contribution in [0, 0.1) is 0 Å². The largest absolute Gasteiger partial charge is 0.454 e. The van der Waals surface area contributed by atoms with Crippen molar-refractivity contribution in [3.63, 3.8) is 0 Å². The quantitative estimate of drug-likeness (QED) is 0.467. The van der Waals surface area contributed by atoms with Crippen molar-refractivity contribution >= 4 is 21.9 Å². The number of rotatable bonds is 2. The lowest BCUT2D eigenvalue weighted by Crippen LogP contribution is -1.88. The lowest BCUT2D eigenvalue weighted by molar-refractivity contribution is 0.668. The Morgan fingerprint density at radius 3 is 2.68 bits per heavy atom. The molecule has 0 aliphatic rings. The van der Waals surface area contributed by atoms with E-state index in [0.29, 0.717) is 5.92 Å². The summed E-state index contributed by atoms with van der Waals surface area (Å²) >= 11 is 0. The molecule has 22 heavy (non-hydrogen) atoms. The second kappa shape index (κ2) is 4.99. The van der Waals surface area contributed by atoms with E-state index in [1.54, 1.807) is 6.20 Å². The van der Waals surface area contributed by atoms with Gasteiger partial charge in [0.1, 0.15) is 5.58 Å². The van der Waals surface area contributed by atoms with Gasteiger partial charge in [0.2, 0.25) is 0 Å². The Labute approximate surface area is 129 Å². The molecule has 0 aliphatic heterocycles. The van der Waals surface area contributed by atoms with E-state index in [9.17, 15) is 0 Å². The number of nitrogens with zero attached hydrogens (tertiary/aromatic N) is 1. The van der Waals surface area contributed by atoms with E-state index in [1.165, 1.54) is 11.1 Å². The smallest absolute Gasteiger partial charge is 0.153 e. The molecule has 4 aromatic rings. The monoisotopic (exact) mass is 287 g/mol. The van der Waals surface area contributed by atoms with Crippen LogP contribution in [0.1, 0.15) is 25.3 Å². The minimum atomic E-state index is 0.513. The van der Waals surface area contributed by atoms with Gasteiger partial charge < -0.3 is 4.42 Å². The predicted octanol–water partition coefficient (Wildman–Crippen LogP) is 5.77. The Morgan fingerprint density at radius 1 is 0.955 bits per heavy atom. The van der Waals surface area contributed by atoms with Crippen molar-refractivity contribution in [1.29, 1.82) is 0 Å². The van der Waals surface area contributed by atoms with Gasteiger partial charge in [-0.2, -0.15) is 0 Å². The molecule has 0 bridgehead atoms. The molecule has 0 saturated heterocycles. The van der Waals surface area contributed by atoms with Crippen LogP contribution in [-0.2, 0) is 0 Å². The zero-order chi connectivity index (χ0) is 15.1. The first-order chi connectivity index (χ1) is 10.7. The topological polar surface area (TPSA) is 26.0 Å². The third-order valence-electron chi connectivity index (χ3n) is 4.17. The van der Waals surface area contributed by atoms with E-state index >= 15 is 0 Å². The number of fused-ring (bicyclic) bond motifs is 3. The van der Waals surface area contributed by atoms with Crippen molar-refractivity contribution in [1.82, 2.24) is 4.98 Å². The molecule has 0 spiro atoms. The molecule has 2 nitrogen and oxygen atoms in total. The maximum absolute atomic E-state index is 6.08. The van der Waals surface area contributed by atoms with Crippen LogP contribution in [0.5, 0.6) is 0 Å². The van der Waals surface area contributed by atoms with Gasteiger partial charge in [-0.3, -0.25) is 4.98 Å². The average molecular weight is 287 g/mol. The van der Waals surface area contributed by atoms with E-state index in [0.717, 1.165) is 27.5 Å². The SMILES string of the molecule is CC(C)c1cccc(-c2cccc3c2oc2cnccc23)c1. The molecule has 0 saturated carbocycles. The first kappa shape index (κ1) is 13.1. The molecule has 108 valence electrons. The fraction of sp³-hybridized carbons (Fsp3) is 0.150. The van der Waals surface area contributed by atoms with Gasteiger partial charge in [-0.25, -0.2) is 0 Å². The molecule has 0 radical (unpaired) electrons. The maximum Gasteiger partial charge on any atom is 0.153 e. The number of furan rings is 1. The fourth-order valence-corrected chi connectivity index (χ4v) is 2.95. The van der Waals surface area contributed by atoms with Gasteiger partial charge in [-0.1, -0.05) is 56.3 Å². The van der Waals surface area contributed by atoms with Crippen LogP contribution in [0.25, 0.3) is 33.1 Å². The van der Waals surface area contributed by atoms with Gasteiger partial charge >= 0.3 is 0 Å². The summed E-state index contributed by atoms with van der Waals surface area (Å²) < 4.78 is 6.08. The van der Waals surface area contributed by atoms with Crippen molar-refractivity contribution in [3.8, 4) is 11.1 Å². The third kappa shape index (κ3) is 2.00. The van der Waals surface area contributed by atoms with E-state index < -0.39 is 0 Å². The van der Waals surface area contributed by atoms with Crippen LogP contribution in [0.2, 0.25) is 0 Å². The molecular formula is C20H17NO. The van der Waals surface area contributed by atoms with Crippen LogP contribution in [0.15, 0.2) is 65.3 Å². The molecule has 2 aromatic carbocycles. The van der Waals surface area contributed by atoms with Gasteiger partial charge in [-0.05, 0) is 23.1 Å². The number of hydrogen-bond acceptors (Lipinski definition) is 2. The van der Waals surface area contributed by atoms with E-state index in [-0.39, 0.29) is 0 Å². The molecule has 4 rings (SSSR count). The van der Waals surface area contributed by atoms with Crippen molar-refractivity contribution in [2.45, 2.75) is 19.8 Å². The second-order valence-electron chi connectivity index (χ2n) is 5.94. The van der Waals surface area contributed by atoms with Crippen LogP contribution >= 0.6 is 0 Å². The minimum Gasteiger partial charge on any atom is -0.454 e. The molecular weight excluding hydrogens is 270 g/mol. The number of pyridine rings is 1. The van der Waals surface area contributed by atoms with Gasteiger partial charge in [-0.15, -0.1) is 0 Å². The van der Waals surface area contributed by atoms with E-state index in [4.69, 9.17) is 4.42 Å². The van der Waals surface area contributed by atoms with Crippen LogP contribution in [0.3, 0.4) is 0 Å². The molecule has 2 heterocycles. The number of aromatic nitrogens is 1. The third-order valence-corrected chi connectivity index (χ3v) is 4.17. The molecule has 2 heteroatoms. The highest BCUT2D eigenvalue weighted by atomic mass is 16.3. The van der Waals surface area contributed by atoms with Crippen molar-refractivity contribution < 1.29 is 4.42 Å². The highest BCUT2D eigenvalue weighted by Gasteiger charge is 2.12. The Hall–Kier alpha value is -2.61. The van der Waals surface area contributed by atoms with E-state index in [2.05, 4.69) is 61.3 Å². The summed E-state index contributed by atoms with van der Waals surface area (Å²) in [6.45, 7) is 4.43. The molecule has 0 aliphatic carbocycles. The maximum atomic E-state index is 6.08. The Bertz CT molecular complexity index is 966. The highest BCUT2D eigenvalue weighted by Crippen LogP contribution is 2.35. The summed E-state index contributed by atoms with van der Waals surface area (Å²) in [5.41, 5.74) is 5.45. The highest BCUT2D eigenvalue weighted by molar-refractivity contribution is 6.09. The summed E-state index contributed by atoms with van der Waals surface area (Å²) in [6.07, 6.45) is 3.59. The first-order valence-electron chi connectivity index (χ1n) is 7.59. The Morgan fingerprint density at radius 2 is 1.82 bits per heavy atom. The van der Waals surface area contributed by atoms with Gasteiger partial charge in [0.05, 0.1) is 6.20 Å². The molecule has 2 aromatic heterocycles. The normalized spacial score (nSPS) is 11.6. The van der Waals surface area contributed by atoms with Crippen LogP contribution < -0.4 is 0 Å². The number of hydrogen-bond donors (Lipinski definition) is 0. The summed E-state index contributed by atoms with van der Waals surface area (Å²) in [7, 11) is 0. The molecule has 0 unspecified atom stereocenters.